The third kappa shape index (κ3) is 2.65. The minimum absolute atomic E-state index is 0.157. The summed E-state index contributed by atoms with van der Waals surface area (Å²) in [7, 11) is 1.28. The summed E-state index contributed by atoms with van der Waals surface area (Å²) in [5.74, 6) is -1.96. The lowest BCUT2D eigenvalue weighted by atomic mass is 10.1. The van der Waals surface area contributed by atoms with Crippen molar-refractivity contribution in [3.63, 3.8) is 0 Å². The Bertz CT molecular complexity index is 687. The first-order valence-corrected chi connectivity index (χ1v) is 7.05. The molecule has 0 amide bonds. The lowest BCUT2D eigenvalue weighted by Crippen LogP contribution is -1.93. The van der Waals surface area contributed by atoms with Gasteiger partial charge in [0.05, 0.1) is 5.69 Å². The second kappa shape index (κ2) is 4.62. The number of rotatable bonds is 2. The zero-order chi connectivity index (χ0) is 13.3. The smallest absolute Gasteiger partial charge is 0.255 e. The summed E-state index contributed by atoms with van der Waals surface area (Å²) in [4.78, 5) is 3.68. The van der Waals surface area contributed by atoms with Crippen molar-refractivity contribution in [2.24, 2.45) is 0 Å². The van der Waals surface area contributed by atoms with Gasteiger partial charge < -0.3 is 0 Å². The van der Waals surface area contributed by atoms with Crippen LogP contribution in [0.5, 0.6) is 0 Å². The molecular formula is C11H6ClF2NO2S. The van der Waals surface area contributed by atoms with Crippen LogP contribution >= 0.6 is 10.7 Å². The van der Waals surface area contributed by atoms with E-state index in [2.05, 4.69) is 4.98 Å². The zero-order valence-electron chi connectivity index (χ0n) is 8.77. The summed E-state index contributed by atoms with van der Waals surface area (Å²) in [5.41, 5.74) is 0.658. The molecule has 3 nitrogen and oxygen atoms in total. The van der Waals surface area contributed by atoms with E-state index < -0.39 is 20.7 Å². The molecule has 0 fully saturated rings. The quantitative estimate of drug-likeness (QED) is 0.799. The average Bonchev–Trinajstić information content (AvgIpc) is 2.32. The van der Waals surface area contributed by atoms with Gasteiger partial charge in [0.15, 0.2) is 11.6 Å². The van der Waals surface area contributed by atoms with Gasteiger partial charge >= 0.3 is 0 Å². The molecule has 94 valence electrons. The van der Waals surface area contributed by atoms with Crippen molar-refractivity contribution in [3.8, 4) is 11.3 Å². The van der Waals surface area contributed by atoms with Crippen molar-refractivity contribution in [1.82, 2.24) is 4.98 Å². The van der Waals surface area contributed by atoms with Gasteiger partial charge in [-0.05, 0) is 30.3 Å². The Morgan fingerprint density at radius 1 is 1.06 bits per heavy atom. The van der Waals surface area contributed by atoms with E-state index in [1.807, 2.05) is 0 Å². The summed E-state index contributed by atoms with van der Waals surface area (Å²) < 4.78 is 47.7. The highest BCUT2D eigenvalue weighted by molar-refractivity contribution is 8.13. The first kappa shape index (κ1) is 12.9. The molecule has 7 heteroatoms. The predicted octanol–water partition coefficient (Wildman–Crippen LogP) is 2.95. The summed E-state index contributed by atoms with van der Waals surface area (Å²) in [5, 5.41) is 0. The molecule has 0 radical (unpaired) electrons. The Balaban J connectivity index is 2.43. The number of hydrogen-bond donors (Lipinski definition) is 0. The van der Waals surface area contributed by atoms with Crippen molar-refractivity contribution < 1.29 is 17.2 Å². The van der Waals surface area contributed by atoms with Crippen molar-refractivity contribution in [2.75, 3.05) is 0 Å². The Labute approximate surface area is 106 Å². The topological polar surface area (TPSA) is 47.0 Å². The van der Waals surface area contributed by atoms with Gasteiger partial charge in [-0.25, -0.2) is 17.2 Å². The van der Waals surface area contributed by atoms with Gasteiger partial charge in [0.1, 0.15) is 4.90 Å². The number of nitrogens with zero attached hydrogens (tertiary/aromatic N) is 1. The Hall–Kier alpha value is -1.53. The van der Waals surface area contributed by atoms with Crippen LogP contribution in [-0.2, 0) is 9.05 Å². The molecule has 0 aliphatic rings. The number of halogens is 3. The van der Waals surface area contributed by atoms with Gasteiger partial charge in [-0.2, -0.15) is 0 Å². The Morgan fingerprint density at radius 3 is 2.28 bits per heavy atom. The molecule has 0 unspecified atom stereocenters. The third-order valence-corrected chi connectivity index (χ3v) is 3.57. The number of benzene rings is 1. The lowest BCUT2D eigenvalue weighted by molar-refractivity contribution is 0.509. The van der Waals surface area contributed by atoms with Crippen LogP contribution in [-0.4, -0.2) is 13.4 Å². The third-order valence-electron chi connectivity index (χ3n) is 2.23. The molecular weight excluding hydrogens is 284 g/mol. The molecule has 2 rings (SSSR count). The van der Waals surface area contributed by atoms with E-state index in [-0.39, 0.29) is 4.90 Å². The Kier molecular flexibility index (Phi) is 3.32. The van der Waals surface area contributed by atoms with E-state index in [0.717, 1.165) is 18.3 Å². The van der Waals surface area contributed by atoms with Crippen LogP contribution < -0.4 is 0 Å². The predicted molar refractivity (Wildman–Crippen MR) is 62.6 cm³/mol. The van der Waals surface area contributed by atoms with Gasteiger partial charge in [0, 0.05) is 22.4 Å². The molecule has 18 heavy (non-hydrogen) atoms. The molecule has 0 saturated heterocycles. The van der Waals surface area contributed by atoms with E-state index >= 15 is 0 Å². The minimum Gasteiger partial charge on any atom is -0.255 e. The highest BCUT2D eigenvalue weighted by Crippen LogP contribution is 2.21. The molecule has 0 aliphatic heterocycles. The molecule has 2 aromatic rings. The van der Waals surface area contributed by atoms with Crippen LogP contribution in [0.25, 0.3) is 11.3 Å². The van der Waals surface area contributed by atoms with E-state index in [1.165, 1.54) is 18.2 Å². The van der Waals surface area contributed by atoms with Crippen LogP contribution in [0.1, 0.15) is 0 Å². The minimum atomic E-state index is -3.84. The monoisotopic (exact) mass is 289 g/mol. The van der Waals surface area contributed by atoms with Crippen LogP contribution in [0, 0.1) is 11.6 Å². The van der Waals surface area contributed by atoms with Crippen molar-refractivity contribution in [1.29, 1.82) is 0 Å². The van der Waals surface area contributed by atoms with Crippen LogP contribution in [0.3, 0.4) is 0 Å². The standard InChI is InChI=1S/C11H6ClF2NO2S/c12-18(16,17)8-2-4-11(15-6-8)7-1-3-9(13)10(14)5-7/h1-6H. The molecule has 0 aliphatic carbocycles. The van der Waals surface area contributed by atoms with Gasteiger partial charge in [0.25, 0.3) is 9.05 Å². The Morgan fingerprint density at radius 2 is 1.78 bits per heavy atom. The molecule has 1 aromatic heterocycles. The molecule has 0 N–H and O–H groups in total. The van der Waals surface area contributed by atoms with Gasteiger partial charge in [-0.3, -0.25) is 4.98 Å². The number of pyridine rings is 1. The maximum Gasteiger partial charge on any atom is 0.262 e. The summed E-state index contributed by atoms with van der Waals surface area (Å²) in [6.45, 7) is 0. The second-order valence-corrected chi connectivity index (χ2v) is 6.01. The maximum atomic E-state index is 13.0. The number of aromatic nitrogens is 1. The summed E-state index contributed by atoms with van der Waals surface area (Å²) in [6, 6.07) is 5.90. The van der Waals surface area contributed by atoms with Gasteiger partial charge in [-0.15, -0.1) is 0 Å². The average molecular weight is 290 g/mol. The first-order valence-electron chi connectivity index (χ1n) is 4.74. The summed E-state index contributed by atoms with van der Waals surface area (Å²) >= 11 is 0. The molecule has 1 heterocycles. The van der Waals surface area contributed by atoms with E-state index in [9.17, 15) is 17.2 Å². The number of hydrogen-bond acceptors (Lipinski definition) is 3. The largest absolute Gasteiger partial charge is 0.262 e. The second-order valence-electron chi connectivity index (χ2n) is 3.45. The molecule has 0 saturated carbocycles. The van der Waals surface area contributed by atoms with E-state index in [1.54, 1.807) is 0 Å². The fourth-order valence-electron chi connectivity index (χ4n) is 1.35. The molecule has 0 atom stereocenters. The van der Waals surface area contributed by atoms with Crippen molar-refractivity contribution >= 4 is 19.7 Å². The van der Waals surface area contributed by atoms with Gasteiger partial charge in [0.2, 0.25) is 0 Å². The van der Waals surface area contributed by atoms with Gasteiger partial charge in [-0.1, -0.05) is 0 Å². The van der Waals surface area contributed by atoms with Crippen LogP contribution in [0.2, 0.25) is 0 Å². The fourth-order valence-corrected chi connectivity index (χ4v) is 2.03. The molecule has 0 spiro atoms. The lowest BCUT2D eigenvalue weighted by Gasteiger charge is -2.02. The normalized spacial score (nSPS) is 11.5. The highest BCUT2D eigenvalue weighted by atomic mass is 35.7. The first-order chi connectivity index (χ1) is 8.38. The molecule has 0 bridgehead atoms. The van der Waals surface area contributed by atoms with E-state index in [0.29, 0.717) is 11.3 Å². The maximum absolute atomic E-state index is 13.0. The zero-order valence-corrected chi connectivity index (χ0v) is 10.3. The van der Waals surface area contributed by atoms with Crippen molar-refractivity contribution in [3.05, 3.63) is 48.2 Å². The van der Waals surface area contributed by atoms with Crippen molar-refractivity contribution in [2.45, 2.75) is 4.90 Å². The van der Waals surface area contributed by atoms with Crippen LogP contribution in [0.4, 0.5) is 8.78 Å². The van der Waals surface area contributed by atoms with E-state index in [4.69, 9.17) is 10.7 Å². The SMILES string of the molecule is O=S(=O)(Cl)c1ccc(-c2ccc(F)c(F)c2)nc1. The highest BCUT2D eigenvalue weighted by Gasteiger charge is 2.11. The fraction of sp³-hybridized carbons (Fsp3) is 0. The molecule has 1 aromatic carbocycles. The van der Waals surface area contributed by atoms with Crippen LogP contribution in [0.15, 0.2) is 41.4 Å². The summed E-state index contributed by atoms with van der Waals surface area (Å²) in [6.07, 6.45) is 1.05.